The molecule has 8 aliphatic heterocycles. The highest BCUT2D eigenvalue weighted by Gasteiger charge is 2.49. The lowest BCUT2D eigenvalue weighted by Crippen LogP contribution is -2.45. The molecule has 9 heterocycles. The maximum atomic E-state index is 14.2. The predicted molar refractivity (Wildman–Crippen MR) is 534 cm³/mol. The summed E-state index contributed by atoms with van der Waals surface area (Å²) in [6, 6.07) is 38.4. The van der Waals surface area contributed by atoms with Gasteiger partial charge in [0.2, 0.25) is 0 Å². The molecule has 7 aromatic carbocycles. The fourth-order valence-electron chi connectivity index (χ4n) is 21.7. The lowest BCUT2D eigenvalue weighted by atomic mass is 9.79. The van der Waals surface area contributed by atoms with Crippen molar-refractivity contribution < 1.29 is 92.0 Å². The number of fused-ring (bicyclic) bond motifs is 4. The molecule has 0 radical (unpaired) electrons. The number of benzene rings is 7. The van der Waals surface area contributed by atoms with E-state index in [9.17, 15) is 54.1 Å². The van der Waals surface area contributed by atoms with Crippen LogP contribution >= 0.6 is 0 Å². The SMILES string of the molecule is CC(C)c1ccc2c(c1)CCC(C1CC1)N2S(=O)(=O)c1ccc(OCC2CCOCC2)c(CO)c1.CCc1cnc2c(c1)CCC(CC)N2S(=O)(=O)c1ccc(OCC2CCOCC2)c(CO)c1.Cc1cc(C)c2c(c1)CCC(C1CC1)N2S(=O)(=O)c1ccc(OCC2CCOCC2)c(CO)c1.O=S(=O)(c1ccc(OCC2CCOCC2)c(CO)c1)N1c2ccc(C3CCC3)cc2CC[C@H]1C1CC1. The normalized spacial score (nSPS) is 21.4. The number of pyridine rings is 1. The number of ether oxygens (including phenoxy) is 8. The average Bonchev–Trinajstić information content (AvgIpc) is 1.46. The molecule has 25 nitrogen and oxygen atoms in total. The van der Waals surface area contributed by atoms with Crippen LogP contribution in [0.2, 0.25) is 0 Å². The first-order chi connectivity index (χ1) is 66.8. The maximum Gasteiger partial charge on any atom is 0.265 e. The van der Waals surface area contributed by atoms with Gasteiger partial charge in [0.05, 0.1) is 89.5 Å². The molecular weight excluding hydrogens is 1830 g/mol. The standard InChI is InChI=1S/C29H37NO5S.C28H37NO5S.C27H35NO5S.C25H34N2O5S/c31-18-25-17-26(8-11-29(25)35-19-20-12-14-34-15-13-20)36(32,33)30-27(22-4-5-22)10-7-24-16-23(6-9-28(24)30)21-2-1-3-21;1-19(2)22-5-8-27-23(15-22)6-9-26(21-3-4-21)29(27)35(31,32)25-7-10-28(24(16-25)17-30)34-18-20-11-13-33-14-12-20;1-18-13-19(2)27-22(14-18)5-7-25(21-3-4-21)28(27)34(30,31)24-6-8-26(23(15-24)16-29)33-17-20-9-11-32-12-10-20;1-3-18-13-20-5-6-22(4-2)27(25(20)26-15-18)33(29,30)23-7-8-24(21(14-23)16-28)32-17-19-9-11-31-12-10-19/h6,8-9,11,16-17,20-22,27,31H,1-5,7,10,12-15,18-19H2;5,7-8,10,15-16,19-21,26,30H,3-4,6,9,11-14,17-18H2,1-2H3;6,8,13-15,20-21,25,29H,3-5,7,9-12,16-17H2,1-2H3;7-8,13-15,19,22,28H,3-6,9-12,16-17H2,1-2H3/t27-;;;/m0.../s1. The van der Waals surface area contributed by atoms with Crippen LogP contribution in [0.4, 0.5) is 22.9 Å². The van der Waals surface area contributed by atoms with Crippen LogP contribution in [0.25, 0.3) is 0 Å². The number of hydrogen-bond donors (Lipinski definition) is 4. The van der Waals surface area contributed by atoms with Gasteiger partial charge in [-0.3, -0.25) is 12.9 Å². The third-order valence-electron chi connectivity index (χ3n) is 30.7. The summed E-state index contributed by atoms with van der Waals surface area (Å²) in [6.07, 6.45) is 28.1. The van der Waals surface area contributed by atoms with Crippen LogP contribution in [-0.2, 0) is 118 Å². The number of aliphatic hydroxyl groups is 4. The Bertz CT molecular complexity index is 6020. The minimum atomic E-state index is -3.85. The van der Waals surface area contributed by atoms with Crippen molar-refractivity contribution in [2.75, 3.05) is 96.5 Å². The predicted octanol–water partition coefficient (Wildman–Crippen LogP) is 18.6. The van der Waals surface area contributed by atoms with Crippen LogP contribution in [-0.4, -0.2) is 163 Å². The van der Waals surface area contributed by atoms with E-state index in [0.29, 0.717) is 137 Å². The van der Waals surface area contributed by atoms with Crippen molar-refractivity contribution in [3.8, 4) is 23.0 Å². The topological polar surface area (TPSA) is 317 Å². The molecule has 12 aliphatic rings. The van der Waals surface area contributed by atoms with Crippen molar-refractivity contribution in [2.24, 2.45) is 41.4 Å². The molecule has 29 heteroatoms. The first-order valence-electron chi connectivity index (χ1n) is 51.1. The van der Waals surface area contributed by atoms with Gasteiger partial charge in [-0.05, 0) is 363 Å². The van der Waals surface area contributed by atoms with E-state index >= 15 is 0 Å². The molecule has 3 unspecified atom stereocenters. The van der Waals surface area contributed by atoms with Crippen LogP contribution in [0, 0.1) is 55.3 Å². The van der Waals surface area contributed by atoms with Crippen molar-refractivity contribution in [2.45, 2.75) is 297 Å². The number of hydrogen-bond acceptors (Lipinski definition) is 21. The minimum absolute atomic E-state index is 0.000855. The lowest BCUT2D eigenvalue weighted by Gasteiger charge is -2.39. The van der Waals surface area contributed by atoms with Crippen LogP contribution in [0.1, 0.15) is 253 Å². The number of nitrogens with zero attached hydrogens (tertiary/aromatic N) is 5. The van der Waals surface area contributed by atoms with Crippen molar-refractivity contribution in [1.29, 1.82) is 0 Å². The summed E-state index contributed by atoms with van der Waals surface area (Å²) in [6.45, 7) is 19.5. The van der Waals surface area contributed by atoms with Gasteiger partial charge in [0.25, 0.3) is 40.1 Å². The zero-order chi connectivity index (χ0) is 96.6. The van der Waals surface area contributed by atoms with Crippen molar-refractivity contribution in [3.63, 3.8) is 0 Å². The fraction of sp³-hybridized carbons (Fsp3) is 0.569. The van der Waals surface area contributed by atoms with Gasteiger partial charge in [-0.2, -0.15) is 0 Å². The van der Waals surface area contributed by atoms with E-state index in [0.717, 1.165) is 257 Å². The zero-order valence-corrected chi connectivity index (χ0v) is 84.6. The van der Waals surface area contributed by atoms with Crippen molar-refractivity contribution in [1.82, 2.24) is 4.98 Å². The number of aliphatic hydroxyl groups excluding tert-OH is 4. The molecule has 4 aliphatic carbocycles. The molecule has 0 bridgehead atoms. The number of anilines is 4. The molecule has 4 saturated carbocycles. The van der Waals surface area contributed by atoms with Crippen molar-refractivity contribution in [3.05, 3.63) is 206 Å². The minimum Gasteiger partial charge on any atom is -0.493 e. The van der Waals surface area contributed by atoms with Crippen LogP contribution in [0.3, 0.4) is 0 Å². The molecule has 4 N–H and O–H groups in total. The molecule has 4 saturated heterocycles. The Kier molecular flexibility index (Phi) is 33.0. The maximum absolute atomic E-state index is 14.2. The molecule has 20 rings (SSSR count). The Balaban J connectivity index is 0.000000127. The number of aryl methyl sites for hydroxylation is 7. The smallest absolute Gasteiger partial charge is 0.265 e. The molecule has 8 aromatic rings. The summed E-state index contributed by atoms with van der Waals surface area (Å²) >= 11 is 0. The Labute approximate surface area is 818 Å². The highest BCUT2D eigenvalue weighted by atomic mass is 32.2. The monoisotopic (exact) mass is 1970 g/mol. The summed E-state index contributed by atoms with van der Waals surface area (Å²) in [5.41, 5.74) is 14.7. The highest BCUT2D eigenvalue weighted by Crippen LogP contribution is 2.52. The molecule has 4 atom stereocenters. The van der Waals surface area contributed by atoms with Crippen LogP contribution < -0.4 is 36.2 Å². The van der Waals surface area contributed by atoms with Gasteiger partial charge in [-0.1, -0.05) is 82.1 Å². The summed E-state index contributed by atoms with van der Waals surface area (Å²) in [5, 5.41) is 40.1. The van der Waals surface area contributed by atoms with E-state index in [1.54, 1.807) is 85.8 Å². The Morgan fingerprint density at radius 2 is 0.754 bits per heavy atom. The first-order valence-corrected chi connectivity index (χ1v) is 56.8. The second-order valence-electron chi connectivity index (χ2n) is 40.6. The van der Waals surface area contributed by atoms with E-state index in [1.807, 2.05) is 26.0 Å². The summed E-state index contributed by atoms with van der Waals surface area (Å²) in [5.74, 6) is 6.66. The lowest BCUT2D eigenvalue weighted by molar-refractivity contribution is 0.0493. The molecule has 138 heavy (non-hydrogen) atoms. The van der Waals surface area contributed by atoms with E-state index in [4.69, 9.17) is 37.9 Å². The van der Waals surface area contributed by atoms with Gasteiger partial charge in [0.1, 0.15) is 28.8 Å². The number of sulfonamides is 4. The first kappa shape index (κ1) is 101. The van der Waals surface area contributed by atoms with Gasteiger partial charge >= 0.3 is 0 Å². The Hall–Kier alpha value is -8.43. The third kappa shape index (κ3) is 23.1. The number of aromatic nitrogens is 1. The van der Waals surface area contributed by atoms with E-state index in [1.165, 1.54) is 40.8 Å². The zero-order valence-electron chi connectivity index (χ0n) is 81.3. The molecule has 0 amide bonds. The number of rotatable bonds is 31. The van der Waals surface area contributed by atoms with E-state index < -0.39 is 40.1 Å². The van der Waals surface area contributed by atoms with Gasteiger partial charge in [0, 0.05) is 105 Å². The summed E-state index contributed by atoms with van der Waals surface area (Å²) in [4.78, 5) is 5.37. The Morgan fingerprint density at radius 1 is 0.384 bits per heavy atom. The summed E-state index contributed by atoms with van der Waals surface area (Å²) in [7, 11) is -15.2. The molecular formula is C109H143N5O20S4. The van der Waals surface area contributed by atoms with Gasteiger partial charge < -0.3 is 58.3 Å². The highest BCUT2D eigenvalue weighted by molar-refractivity contribution is 7.93. The third-order valence-corrected chi connectivity index (χ3v) is 38.0. The van der Waals surface area contributed by atoms with E-state index in [2.05, 4.69) is 75.1 Å². The molecule has 748 valence electrons. The van der Waals surface area contributed by atoms with Crippen LogP contribution in [0.5, 0.6) is 23.0 Å². The van der Waals surface area contributed by atoms with Crippen LogP contribution in [0.15, 0.2) is 153 Å². The fourth-order valence-corrected chi connectivity index (χ4v) is 29.0. The van der Waals surface area contributed by atoms with Crippen molar-refractivity contribution >= 4 is 63.0 Å². The Morgan fingerprint density at radius 3 is 1.12 bits per heavy atom. The average molecular weight is 1970 g/mol. The van der Waals surface area contributed by atoms with Gasteiger partial charge in [0.15, 0.2) is 0 Å². The molecule has 0 spiro atoms. The quantitative estimate of drug-likeness (QED) is 0.0314. The molecule has 1 aromatic heterocycles. The summed E-state index contributed by atoms with van der Waals surface area (Å²) < 4.78 is 165. The largest absolute Gasteiger partial charge is 0.493 e. The second-order valence-corrected chi connectivity index (χ2v) is 47.9. The van der Waals surface area contributed by atoms with Gasteiger partial charge in [-0.25, -0.2) is 43.0 Å². The molecule has 8 fully saturated rings. The second kappa shape index (κ2) is 45.0. The van der Waals surface area contributed by atoms with Gasteiger partial charge in [-0.15, -0.1) is 0 Å². The van der Waals surface area contributed by atoms with E-state index in [-0.39, 0.29) is 70.2 Å².